The molecule has 2 aromatic rings. The summed E-state index contributed by atoms with van der Waals surface area (Å²) in [5.74, 6) is -0.222. The Hall–Kier alpha value is -2.31. The van der Waals surface area contributed by atoms with Gasteiger partial charge in [-0.05, 0) is 43.9 Å². The summed E-state index contributed by atoms with van der Waals surface area (Å²) < 4.78 is 70.4. The van der Waals surface area contributed by atoms with Crippen LogP contribution in [0.1, 0.15) is 27.5 Å². The van der Waals surface area contributed by atoms with E-state index in [1.807, 2.05) is 4.90 Å². The average molecular weight is 500 g/mol. The van der Waals surface area contributed by atoms with Gasteiger partial charge in [-0.1, -0.05) is 24.3 Å². The molecule has 0 radical (unpaired) electrons. The van der Waals surface area contributed by atoms with Crippen molar-refractivity contribution in [2.75, 3.05) is 53.5 Å². The number of halogens is 3. The number of rotatable bonds is 9. The number of morpholine rings is 1. The van der Waals surface area contributed by atoms with Gasteiger partial charge in [-0.2, -0.15) is 17.5 Å². The van der Waals surface area contributed by atoms with E-state index in [0.29, 0.717) is 44.0 Å². The number of carbonyl (C=O) groups is 1. The third-order valence-corrected chi connectivity index (χ3v) is 7.57. The van der Waals surface area contributed by atoms with Gasteiger partial charge in [-0.15, -0.1) is 0 Å². The second-order valence-corrected chi connectivity index (χ2v) is 10.1. The second-order valence-electron chi connectivity index (χ2n) is 8.19. The molecule has 1 atom stereocenters. The number of ether oxygens (including phenoxy) is 1. The lowest BCUT2D eigenvalue weighted by molar-refractivity contribution is -0.137. The molecule has 2 aromatic carbocycles. The van der Waals surface area contributed by atoms with Gasteiger partial charge in [-0.25, -0.2) is 8.42 Å². The Kier molecular flexibility index (Phi) is 8.47. The third-order valence-electron chi connectivity index (χ3n) is 5.65. The van der Waals surface area contributed by atoms with Crippen molar-refractivity contribution in [2.24, 2.45) is 0 Å². The fourth-order valence-electron chi connectivity index (χ4n) is 3.67. The number of hydrogen-bond acceptors (Lipinski definition) is 6. The summed E-state index contributed by atoms with van der Waals surface area (Å²) in [6, 6.07) is 10.5. The normalized spacial score (nSPS) is 16.5. The predicted octanol–water partition coefficient (Wildman–Crippen LogP) is 2.80. The molecule has 0 bridgehead atoms. The van der Waals surface area contributed by atoms with E-state index in [1.54, 1.807) is 14.1 Å². The molecule has 0 aliphatic carbocycles. The van der Waals surface area contributed by atoms with Crippen LogP contribution >= 0.6 is 0 Å². The topological polar surface area (TPSA) is 79.0 Å². The van der Waals surface area contributed by atoms with Crippen LogP contribution in [0.15, 0.2) is 53.4 Å². The minimum Gasteiger partial charge on any atom is -0.379 e. The van der Waals surface area contributed by atoms with Gasteiger partial charge in [0.2, 0.25) is 10.0 Å². The maximum Gasteiger partial charge on any atom is 0.416 e. The number of hydrogen-bond donors (Lipinski definition) is 1. The Morgan fingerprint density at radius 2 is 1.65 bits per heavy atom. The number of nitrogens with zero attached hydrogens (tertiary/aromatic N) is 2. The van der Waals surface area contributed by atoms with Crippen molar-refractivity contribution in [3.8, 4) is 0 Å². The van der Waals surface area contributed by atoms with Crippen LogP contribution in [0.2, 0.25) is 0 Å². The molecule has 1 heterocycles. The summed E-state index contributed by atoms with van der Waals surface area (Å²) in [6.45, 7) is 1.62. The second kappa shape index (κ2) is 11.0. The molecule has 0 spiro atoms. The highest BCUT2D eigenvalue weighted by Gasteiger charge is 2.30. The fraction of sp³-hybridized carbons (Fsp3) is 0.435. The molecule has 1 aliphatic heterocycles. The highest BCUT2D eigenvalue weighted by Crippen LogP contribution is 2.30. The molecule has 0 aromatic heterocycles. The van der Waals surface area contributed by atoms with E-state index in [0.717, 1.165) is 12.1 Å². The number of alkyl halides is 3. The lowest BCUT2D eigenvalue weighted by Crippen LogP contribution is -2.40. The fourth-order valence-corrected chi connectivity index (χ4v) is 5.07. The molecule has 186 valence electrons. The molecule has 11 heteroatoms. The standard InChI is InChI=1S/C23H28F3N3O4S/c1-28(2)21(17-3-7-19(8-4-17)23(24,25)26)15-27-16-22(30)18-5-9-20(10-6-18)34(31,32)29-11-13-33-14-12-29/h3-10,21,27H,11-16H2,1-2H3. The number of nitrogens with one attached hydrogen (secondary N) is 1. The molecular weight excluding hydrogens is 471 g/mol. The van der Waals surface area contributed by atoms with Crippen LogP contribution in [0.4, 0.5) is 13.2 Å². The molecule has 1 aliphatic rings. The SMILES string of the molecule is CN(C)C(CNCC(=O)c1ccc(S(=O)(=O)N2CCOCC2)cc1)c1ccc(C(F)(F)F)cc1. The van der Waals surface area contributed by atoms with Gasteiger partial charge in [0, 0.05) is 31.2 Å². The first-order valence-electron chi connectivity index (χ1n) is 10.8. The summed E-state index contributed by atoms with van der Waals surface area (Å²) in [5.41, 5.74) is 0.343. The van der Waals surface area contributed by atoms with Crippen molar-refractivity contribution in [2.45, 2.75) is 17.1 Å². The highest BCUT2D eigenvalue weighted by atomic mass is 32.2. The van der Waals surface area contributed by atoms with Crippen molar-refractivity contribution in [3.05, 3.63) is 65.2 Å². The Morgan fingerprint density at radius 3 is 2.18 bits per heavy atom. The summed E-state index contributed by atoms with van der Waals surface area (Å²) in [4.78, 5) is 14.5. The van der Waals surface area contributed by atoms with E-state index >= 15 is 0 Å². The largest absolute Gasteiger partial charge is 0.416 e. The van der Waals surface area contributed by atoms with Gasteiger partial charge in [0.05, 0.1) is 30.2 Å². The predicted molar refractivity (Wildman–Crippen MR) is 121 cm³/mol. The Balaban J connectivity index is 1.59. The van der Waals surface area contributed by atoms with Crippen LogP contribution in [-0.2, 0) is 20.9 Å². The van der Waals surface area contributed by atoms with E-state index < -0.39 is 21.8 Å². The van der Waals surface area contributed by atoms with Gasteiger partial charge in [0.1, 0.15) is 0 Å². The van der Waals surface area contributed by atoms with Crippen molar-refractivity contribution in [3.63, 3.8) is 0 Å². The molecular formula is C23H28F3N3O4S. The summed E-state index contributed by atoms with van der Waals surface area (Å²) in [7, 11) is -0.0247. The number of benzene rings is 2. The zero-order valence-electron chi connectivity index (χ0n) is 19.0. The first-order valence-corrected chi connectivity index (χ1v) is 12.2. The van der Waals surface area contributed by atoms with Gasteiger partial charge >= 0.3 is 6.18 Å². The zero-order chi connectivity index (χ0) is 24.9. The van der Waals surface area contributed by atoms with Gasteiger partial charge in [0.15, 0.2) is 5.78 Å². The number of sulfonamides is 1. The number of likely N-dealkylation sites (N-methyl/N-ethyl adjacent to an activating group) is 1. The van der Waals surface area contributed by atoms with Crippen LogP contribution in [-0.4, -0.2) is 76.9 Å². The maximum absolute atomic E-state index is 12.8. The van der Waals surface area contributed by atoms with Crippen LogP contribution < -0.4 is 5.32 Å². The monoisotopic (exact) mass is 499 g/mol. The number of Topliss-reactive ketones (excluding diaryl/α,β-unsaturated/α-hetero) is 1. The Bertz CT molecular complexity index is 1070. The van der Waals surface area contributed by atoms with E-state index in [1.165, 1.54) is 40.7 Å². The van der Waals surface area contributed by atoms with Crippen molar-refractivity contribution in [1.29, 1.82) is 0 Å². The first kappa shape index (κ1) is 26.3. The summed E-state index contributed by atoms with van der Waals surface area (Å²) in [6.07, 6.45) is -4.39. The third kappa shape index (κ3) is 6.42. The maximum atomic E-state index is 12.8. The van der Waals surface area contributed by atoms with Crippen LogP contribution in [0.25, 0.3) is 0 Å². The molecule has 3 rings (SSSR count). The van der Waals surface area contributed by atoms with E-state index in [9.17, 15) is 26.4 Å². The number of ketones is 1. The quantitative estimate of drug-likeness (QED) is 0.535. The van der Waals surface area contributed by atoms with Crippen molar-refractivity contribution >= 4 is 15.8 Å². The molecule has 0 saturated carbocycles. The van der Waals surface area contributed by atoms with E-state index in [2.05, 4.69) is 5.32 Å². The van der Waals surface area contributed by atoms with Crippen molar-refractivity contribution in [1.82, 2.24) is 14.5 Å². The van der Waals surface area contributed by atoms with Crippen LogP contribution in [0.3, 0.4) is 0 Å². The average Bonchev–Trinajstić information content (AvgIpc) is 2.81. The molecule has 1 fully saturated rings. The van der Waals surface area contributed by atoms with Gasteiger partial charge in [0.25, 0.3) is 0 Å². The van der Waals surface area contributed by atoms with Gasteiger partial charge < -0.3 is 15.0 Å². The molecule has 1 saturated heterocycles. The molecule has 1 N–H and O–H groups in total. The van der Waals surface area contributed by atoms with Crippen LogP contribution in [0.5, 0.6) is 0 Å². The number of carbonyl (C=O) groups excluding carboxylic acids is 1. The highest BCUT2D eigenvalue weighted by molar-refractivity contribution is 7.89. The molecule has 1 unspecified atom stereocenters. The smallest absolute Gasteiger partial charge is 0.379 e. The van der Waals surface area contributed by atoms with Crippen molar-refractivity contribution < 1.29 is 31.1 Å². The molecule has 7 nitrogen and oxygen atoms in total. The Labute approximate surface area is 197 Å². The lowest BCUT2D eigenvalue weighted by Gasteiger charge is -2.26. The molecule has 34 heavy (non-hydrogen) atoms. The summed E-state index contributed by atoms with van der Waals surface area (Å²) in [5, 5.41) is 3.05. The van der Waals surface area contributed by atoms with E-state index in [4.69, 9.17) is 4.74 Å². The first-order chi connectivity index (χ1) is 16.0. The lowest BCUT2D eigenvalue weighted by atomic mass is 10.0. The van der Waals surface area contributed by atoms with Gasteiger partial charge in [-0.3, -0.25) is 4.79 Å². The summed E-state index contributed by atoms with van der Waals surface area (Å²) >= 11 is 0. The van der Waals surface area contributed by atoms with E-state index in [-0.39, 0.29) is 23.3 Å². The minimum atomic E-state index is -4.39. The minimum absolute atomic E-state index is 0.000531. The van der Waals surface area contributed by atoms with Crippen LogP contribution in [0, 0.1) is 0 Å². The molecule has 0 amide bonds. The Morgan fingerprint density at radius 1 is 1.06 bits per heavy atom. The zero-order valence-corrected chi connectivity index (χ0v) is 19.8.